The Hall–Kier alpha value is -3.35. The molecule has 7 heteroatoms. The molecule has 0 radical (unpaired) electrons. The highest BCUT2D eigenvalue weighted by Gasteiger charge is 2.07. The highest BCUT2D eigenvalue weighted by Crippen LogP contribution is 2.17. The Morgan fingerprint density at radius 3 is 2.52 bits per heavy atom. The van der Waals surface area contributed by atoms with Crippen LogP contribution in [0, 0.1) is 0 Å². The van der Waals surface area contributed by atoms with Gasteiger partial charge in [-0.1, -0.05) is 23.4 Å². The van der Waals surface area contributed by atoms with Gasteiger partial charge in [0.05, 0.1) is 13.3 Å². The summed E-state index contributed by atoms with van der Waals surface area (Å²) in [4.78, 5) is 12.0. The number of hydrogen-bond donors (Lipinski definition) is 1. The molecule has 0 aliphatic rings. The summed E-state index contributed by atoms with van der Waals surface area (Å²) >= 11 is 0. The van der Waals surface area contributed by atoms with E-state index >= 15 is 0 Å². The molecular formula is C18H18N4O3. The molecule has 3 aromatic rings. The van der Waals surface area contributed by atoms with Crippen LogP contribution in [0.15, 0.2) is 60.8 Å². The number of methoxy groups -OCH3 is 1. The SMILES string of the molecule is COc1ccc(OCc2cn(CC(=O)Nc3ccccc3)nn2)cc1. The van der Waals surface area contributed by atoms with Crippen LogP contribution in [0.1, 0.15) is 5.69 Å². The van der Waals surface area contributed by atoms with Gasteiger partial charge in [0.1, 0.15) is 30.3 Å². The second-order valence-corrected chi connectivity index (χ2v) is 5.29. The molecule has 128 valence electrons. The number of nitrogens with one attached hydrogen (secondary N) is 1. The zero-order chi connectivity index (χ0) is 17.5. The monoisotopic (exact) mass is 338 g/mol. The van der Waals surface area contributed by atoms with Crippen molar-refractivity contribution in [2.75, 3.05) is 12.4 Å². The molecular weight excluding hydrogens is 320 g/mol. The third-order valence-corrected chi connectivity index (χ3v) is 3.40. The van der Waals surface area contributed by atoms with Crippen molar-refractivity contribution in [2.45, 2.75) is 13.2 Å². The van der Waals surface area contributed by atoms with Gasteiger partial charge < -0.3 is 14.8 Å². The van der Waals surface area contributed by atoms with E-state index < -0.39 is 0 Å². The van der Waals surface area contributed by atoms with Gasteiger partial charge in [-0.2, -0.15) is 0 Å². The zero-order valence-corrected chi connectivity index (χ0v) is 13.8. The summed E-state index contributed by atoms with van der Waals surface area (Å²) in [6.07, 6.45) is 1.69. The molecule has 0 fully saturated rings. The first-order valence-corrected chi connectivity index (χ1v) is 7.74. The fraction of sp³-hybridized carbons (Fsp3) is 0.167. The van der Waals surface area contributed by atoms with Crippen molar-refractivity contribution in [3.63, 3.8) is 0 Å². The molecule has 0 saturated heterocycles. The number of carbonyl (C=O) groups is 1. The van der Waals surface area contributed by atoms with E-state index in [1.807, 2.05) is 54.6 Å². The van der Waals surface area contributed by atoms with Crippen LogP contribution in [0.5, 0.6) is 11.5 Å². The van der Waals surface area contributed by atoms with Gasteiger partial charge in [-0.05, 0) is 36.4 Å². The number of carbonyl (C=O) groups excluding carboxylic acids is 1. The largest absolute Gasteiger partial charge is 0.497 e. The van der Waals surface area contributed by atoms with Gasteiger partial charge in [0, 0.05) is 5.69 Å². The Morgan fingerprint density at radius 1 is 1.08 bits per heavy atom. The number of para-hydroxylation sites is 1. The minimum Gasteiger partial charge on any atom is -0.497 e. The van der Waals surface area contributed by atoms with Gasteiger partial charge in [0.25, 0.3) is 0 Å². The lowest BCUT2D eigenvalue weighted by atomic mass is 10.3. The van der Waals surface area contributed by atoms with E-state index in [1.54, 1.807) is 13.3 Å². The van der Waals surface area contributed by atoms with Crippen molar-refractivity contribution < 1.29 is 14.3 Å². The first kappa shape index (κ1) is 16.5. The third-order valence-electron chi connectivity index (χ3n) is 3.40. The fourth-order valence-electron chi connectivity index (χ4n) is 2.18. The Balaban J connectivity index is 1.50. The van der Waals surface area contributed by atoms with E-state index in [4.69, 9.17) is 9.47 Å². The molecule has 0 aliphatic heterocycles. The molecule has 3 rings (SSSR count). The Morgan fingerprint density at radius 2 is 1.80 bits per heavy atom. The number of aromatic nitrogens is 3. The molecule has 0 unspecified atom stereocenters. The molecule has 1 aromatic heterocycles. The Labute approximate surface area is 145 Å². The molecule has 1 amide bonds. The number of benzene rings is 2. The molecule has 7 nitrogen and oxygen atoms in total. The summed E-state index contributed by atoms with van der Waals surface area (Å²) in [6, 6.07) is 16.5. The number of amides is 1. The predicted octanol–water partition coefficient (Wildman–Crippen LogP) is 2.50. The second kappa shape index (κ2) is 7.96. The van der Waals surface area contributed by atoms with Crippen LogP contribution in [-0.2, 0) is 17.9 Å². The number of nitrogens with zero attached hydrogens (tertiary/aromatic N) is 3. The maximum Gasteiger partial charge on any atom is 0.246 e. The summed E-state index contributed by atoms with van der Waals surface area (Å²) in [5.74, 6) is 1.30. The van der Waals surface area contributed by atoms with E-state index in [1.165, 1.54) is 4.68 Å². The summed E-state index contributed by atoms with van der Waals surface area (Å²) in [5.41, 5.74) is 1.39. The predicted molar refractivity (Wildman–Crippen MR) is 92.4 cm³/mol. The normalized spacial score (nSPS) is 10.3. The molecule has 0 saturated carbocycles. The number of ether oxygens (including phenoxy) is 2. The lowest BCUT2D eigenvalue weighted by Gasteiger charge is -2.05. The molecule has 1 heterocycles. The Bertz CT molecular complexity index is 816. The standard InChI is InChI=1S/C18H18N4O3/c1-24-16-7-9-17(10-8-16)25-13-15-11-22(21-20-15)12-18(23)19-14-5-3-2-4-6-14/h2-11H,12-13H2,1H3,(H,19,23). The van der Waals surface area contributed by atoms with Crippen molar-refractivity contribution in [3.8, 4) is 11.5 Å². The van der Waals surface area contributed by atoms with Gasteiger partial charge in [0.15, 0.2) is 0 Å². The lowest BCUT2D eigenvalue weighted by molar-refractivity contribution is -0.116. The van der Waals surface area contributed by atoms with Crippen LogP contribution < -0.4 is 14.8 Å². The van der Waals surface area contributed by atoms with Gasteiger partial charge >= 0.3 is 0 Å². The van der Waals surface area contributed by atoms with Crippen LogP contribution in [0.4, 0.5) is 5.69 Å². The van der Waals surface area contributed by atoms with E-state index in [0.717, 1.165) is 11.4 Å². The fourth-order valence-corrected chi connectivity index (χ4v) is 2.18. The second-order valence-electron chi connectivity index (χ2n) is 5.29. The molecule has 0 atom stereocenters. The molecule has 0 bridgehead atoms. The number of rotatable bonds is 7. The summed E-state index contributed by atoms with van der Waals surface area (Å²) < 4.78 is 12.2. The number of anilines is 1. The van der Waals surface area contributed by atoms with Crippen LogP contribution in [0.3, 0.4) is 0 Å². The first-order chi connectivity index (χ1) is 12.2. The maximum absolute atomic E-state index is 12.0. The maximum atomic E-state index is 12.0. The van der Waals surface area contributed by atoms with Crippen LogP contribution in [0.25, 0.3) is 0 Å². The molecule has 2 aromatic carbocycles. The Kier molecular flexibility index (Phi) is 5.26. The molecule has 0 spiro atoms. The topological polar surface area (TPSA) is 78.3 Å². The highest BCUT2D eigenvalue weighted by molar-refractivity contribution is 5.90. The zero-order valence-electron chi connectivity index (χ0n) is 13.8. The van der Waals surface area contributed by atoms with Crippen LogP contribution in [-0.4, -0.2) is 28.0 Å². The average Bonchev–Trinajstić information content (AvgIpc) is 3.08. The molecule has 1 N–H and O–H groups in total. The van der Waals surface area contributed by atoms with Gasteiger partial charge in [-0.15, -0.1) is 5.10 Å². The third kappa shape index (κ3) is 4.81. The van der Waals surface area contributed by atoms with E-state index in [-0.39, 0.29) is 19.1 Å². The van der Waals surface area contributed by atoms with Crippen molar-refractivity contribution in [1.82, 2.24) is 15.0 Å². The first-order valence-electron chi connectivity index (χ1n) is 7.74. The smallest absolute Gasteiger partial charge is 0.246 e. The van der Waals surface area contributed by atoms with Crippen molar-refractivity contribution >= 4 is 11.6 Å². The van der Waals surface area contributed by atoms with Crippen molar-refractivity contribution in [2.24, 2.45) is 0 Å². The minimum atomic E-state index is -0.168. The van der Waals surface area contributed by atoms with E-state index in [9.17, 15) is 4.79 Å². The lowest BCUT2D eigenvalue weighted by Crippen LogP contribution is -2.19. The van der Waals surface area contributed by atoms with Crippen molar-refractivity contribution in [3.05, 3.63) is 66.5 Å². The van der Waals surface area contributed by atoms with Crippen LogP contribution >= 0.6 is 0 Å². The molecule has 0 aliphatic carbocycles. The average molecular weight is 338 g/mol. The minimum absolute atomic E-state index is 0.0877. The quantitative estimate of drug-likeness (QED) is 0.716. The summed E-state index contributed by atoms with van der Waals surface area (Å²) in [5, 5.41) is 10.7. The van der Waals surface area contributed by atoms with Gasteiger partial charge in [-0.3, -0.25) is 4.79 Å². The van der Waals surface area contributed by atoms with Gasteiger partial charge in [0.2, 0.25) is 5.91 Å². The highest BCUT2D eigenvalue weighted by atomic mass is 16.5. The van der Waals surface area contributed by atoms with Crippen LogP contribution in [0.2, 0.25) is 0 Å². The summed E-state index contributed by atoms with van der Waals surface area (Å²) in [6.45, 7) is 0.358. The molecule has 25 heavy (non-hydrogen) atoms. The summed E-state index contributed by atoms with van der Waals surface area (Å²) in [7, 11) is 1.61. The number of hydrogen-bond acceptors (Lipinski definition) is 5. The van der Waals surface area contributed by atoms with Gasteiger partial charge in [-0.25, -0.2) is 4.68 Å². The van der Waals surface area contributed by atoms with E-state index in [0.29, 0.717) is 11.4 Å². The van der Waals surface area contributed by atoms with E-state index in [2.05, 4.69) is 15.6 Å². The van der Waals surface area contributed by atoms with Crippen molar-refractivity contribution in [1.29, 1.82) is 0 Å².